The quantitative estimate of drug-likeness (QED) is 0.463. The lowest BCUT2D eigenvalue weighted by atomic mass is 9.79. The van der Waals surface area contributed by atoms with Gasteiger partial charge >= 0.3 is 0 Å². The van der Waals surface area contributed by atoms with Crippen LogP contribution < -0.4 is 0 Å². The molecular formula is C19H40N2O2S. The maximum absolute atomic E-state index is 13.0. The molecule has 1 N–H and O–H groups in total. The number of thiol groups is 1. The molecule has 0 spiro atoms. The van der Waals surface area contributed by atoms with Crippen LogP contribution in [0.2, 0.25) is 0 Å². The van der Waals surface area contributed by atoms with Gasteiger partial charge in [0.2, 0.25) is 0 Å². The van der Waals surface area contributed by atoms with Crippen molar-refractivity contribution >= 4 is 18.4 Å². The average Bonchev–Trinajstić information content (AvgIpc) is 2.43. The first-order chi connectivity index (χ1) is 10.8. The van der Waals surface area contributed by atoms with Crippen molar-refractivity contribution in [2.24, 2.45) is 5.41 Å². The summed E-state index contributed by atoms with van der Waals surface area (Å²) in [6, 6.07) is 1.15. The van der Waals surface area contributed by atoms with Gasteiger partial charge in [0.1, 0.15) is 6.10 Å². The highest BCUT2D eigenvalue weighted by atomic mass is 32.1. The van der Waals surface area contributed by atoms with Crippen molar-refractivity contribution in [1.82, 2.24) is 9.80 Å². The van der Waals surface area contributed by atoms with Crippen LogP contribution in [0.15, 0.2) is 0 Å². The molecule has 0 fully saturated rings. The van der Waals surface area contributed by atoms with E-state index >= 15 is 0 Å². The number of rotatable bonds is 10. The molecule has 24 heavy (non-hydrogen) atoms. The normalized spacial score (nSPS) is 15.0. The van der Waals surface area contributed by atoms with E-state index in [0.717, 1.165) is 0 Å². The summed E-state index contributed by atoms with van der Waals surface area (Å²) >= 11 is 4.12. The SMILES string of the molecule is CC(C)N(C(C)C)C(N(C(C)C)C(C)C)C(C)(C)C(=O)C(O)CS. The second-order valence-electron chi connectivity index (χ2n) is 8.43. The molecule has 4 nitrogen and oxygen atoms in total. The van der Waals surface area contributed by atoms with Gasteiger partial charge in [0, 0.05) is 29.9 Å². The highest BCUT2D eigenvalue weighted by Gasteiger charge is 2.47. The molecular weight excluding hydrogens is 320 g/mol. The highest BCUT2D eigenvalue weighted by molar-refractivity contribution is 7.80. The van der Waals surface area contributed by atoms with E-state index in [4.69, 9.17) is 0 Å². The minimum Gasteiger partial charge on any atom is -0.384 e. The predicted octanol–water partition coefficient (Wildman–Crippen LogP) is 3.44. The molecule has 0 aromatic rings. The van der Waals surface area contributed by atoms with Crippen LogP contribution in [0.5, 0.6) is 0 Å². The van der Waals surface area contributed by atoms with Crippen LogP contribution >= 0.6 is 12.6 Å². The maximum Gasteiger partial charge on any atom is 0.170 e. The third-order valence-corrected chi connectivity index (χ3v) is 5.05. The van der Waals surface area contributed by atoms with Crippen LogP contribution in [0, 0.1) is 5.41 Å². The summed E-state index contributed by atoms with van der Waals surface area (Å²) in [5.74, 6) is 0.0157. The minimum atomic E-state index is -1.03. The Morgan fingerprint density at radius 1 is 0.875 bits per heavy atom. The fourth-order valence-corrected chi connectivity index (χ4v) is 4.03. The van der Waals surface area contributed by atoms with E-state index in [-0.39, 0.29) is 41.9 Å². The first-order valence-electron chi connectivity index (χ1n) is 9.18. The van der Waals surface area contributed by atoms with Crippen LogP contribution in [0.25, 0.3) is 0 Å². The third kappa shape index (κ3) is 5.45. The second kappa shape index (κ2) is 9.56. The molecule has 0 aliphatic rings. The van der Waals surface area contributed by atoms with E-state index < -0.39 is 11.5 Å². The van der Waals surface area contributed by atoms with Gasteiger partial charge in [-0.1, -0.05) is 0 Å². The number of hydrogen-bond acceptors (Lipinski definition) is 5. The van der Waals surface area contributed by atoms with Crippen molar-refractivity contribution in [3.63, 3.8) is 0 Å². The Morgan fingerprint density at radius 2 is 1.17 bits per heavy atom. The Balaban J connectivity index is 6.25. The van der Waals surface area contributed by atoms with Gasteiger partial charge in [-0.25, -0.2) is 0 Å². The van der Waals surface area contributed by atoms with Crippen LogP contribution in [0.4, 0.5) is 0 Å². The number of Topliss-reactive ketones (excluding diaryl/α,β-unsaturated/α-hetero) is 1. The van der Waals surface area contributed by atoms with Crippen LogP contribution in [0.3, 0.4) is 0 Å². The van der Waals surface area contributed by atoms with Crippen molar-refractivity contribution in [1.29, 1.82) is 0 Å². The van der Waals surface area contributed by atoms with E-state index in [0.29, 0.717) is 0 Å². The lowest BCUT2D eigenvalue weighted by Gasteiger charge is -2.53. The van der Waals surface area contributed by atoms with Gasteiger partial charge in [-0.3, -0.25) is 14.6 Å². The van der Waals surface area contributed by atoms with Gasteiger partial charge in [-0.05, 0) is 69.2 Å². The first-order valence-corrected chi connectivity index (χ1v) is 9.81. The lowest BCUT2D eigenvalue weighted by molar-refractivity contribution is -0.152. The molecule has 0 aromatic heterocycles. The topological polar surface area (TPSA) is 43.8 Å². The average molecular weight is 361 g/mol. The molecule has 0 radical (unpaired) electrons. The van der Waals surface area contributed by atoms with Crippen molar-refractivity contribution in [3.05, 3.63) is 0 Å². The van der Waals surface area contributed by atoms with Gasteiger partial charge in [0.15, 0.2) is 5.78 Å². The Hall–Kier alpha value is -0.100. The highest BCUT2D eigenvalue weighted by Crippen LogP contribution is 2.35. The smallest absolute Gasteiger partial charge is 0.170 e. The maximum atomic E-state index is 13.0. The summed E-state index contributed by atoms with van der Waals surface area (Å²) in [5.41, 5.74) is -0.717. The molecule has 1 unspecified atom stereocenters. The van der Waals surface area contributed by atoms with Crippen molar-refractivity contribution in [2.75, 3.05) is 5.75 Å². The molecule has 5 heteroatoms. The summed E-state index contributed by atoms with van der Waals surface area (Å²) in [4.78, 5) is 17.8. The molecule has 1 atom stereocenters. The van der Waals surface area contributed by atoms with Crippen LogP contribution in [-0.4, -0.2) is 62.9 Å². The van der Waals surface area contributed by atoms with Crippen LogP contribution in [0.1, 0.15) is 69.2 Å². The number of ketones is 1. The molecule has 0 aliphatic carbocycles. The van der Waals surface area contributed by atoms with Crippen molar-refractivity contribution in [2.45, 2.75) is 106 Å². The molecule has 0 saturated heterocycles. The molecule has 144 valence electrons. The Labute approximate surface area is 155 Å². The van der Waals surface area contributed by atoms with Crippen molar-refractivity contribution in [3.8, 4) is 0 Å². The number of aliphatic hydroxyl groups excluding tert-OH is 1. The summed E-state index contributed by atoms with van der Waals surface area (Å²) in [7, 11) is 0. The summed E-state index contributed by atoms with van der Waals surface area (Å²) in [6.45, 7) is 21.3. The van der Waals surface area contributed by atoms with Crippen LogP contribution in [-0.2, 0) is 4.79 Å². The third-order valence-electron chi connectivity index (χ3n) is 4.71. The molecule has 0 heterocycles. The number of hydrogen-bond donors (Lipinski definition) is 2. The van der Waals surface area contributed by atoms with Crippen molar-refractivity contribution < 1.29 is 9.90 Å². The molecule has 0 bridgehead atoms. The number of nitrogens with zero attached hydrogens (tertiary/aromatic N) is 2. The fourth-order valence-electron chi connectivity index (χ4n) is 3.86. The zero-order valence-corrected chi connectivity index (χ0v) is 18.3. The van der Waals surface area contributed by atoms with E-state index in [1.807, 2.05) is 13.8 Å². The molecule has 0 amide bonds. The lowest BCUT2D eigenvalue weighted by Crippen LogP contribution is -2.66. The Morgan fingerprint density at radius 3 is 1.38 bits per heavy atom. The van der Waals surface area contributed by atoms with E-state index in [1.165, 1.54) is 0 Å². The standard InChI is InChI=1S/C19H40N2O2S/c1-12(2)20(13(3)4)18(21(14(5)6)15(7)8)19(9,10)17(23)16(22)11-24/h12-16,18,22,24H,11H2,1-10H3. The molecule has 0 rings (SSSR count). The summed E-state index contributed by atoms with van der Waals surface area (Å²) in [6.07, 6.45) is -1.13. The van der Waals surface area contributed by atoms with Gasteiger partial charge < -0.3 is 5.11 Å². The van der Waals surface area contributed by atoms with E-state index in [2.05, 4.69) is 77.8 Å². The Kier molecular flexibility index (Phi) is 9.52. The predicted molar refractivity (Wildman–Crippen MR) is 107 cm³/mol. The zero-order valence-electron chi connectivity index (χ0n) is 17.4. The number of carbonyl (C=O) groups is 1. The minimum absolute atomic E-state index is 0.0977. The number of aliphatic hydroxyl groups is 1. The second-order valence-corrected chi connectivity index (χ2v) is 8.79. The summed E-state index contributed by atoms with van der Waals surface area (Å²) in [5, 5.41) is 10.2. The van der Waals surface area contributed by atoms with Gasteiger partial charge in [-0.15, -0.1) is 0 Å². The molecule has 0 aromatic carbocycles. The van der Waals surface area contributed by atoms with Gasteiger partial charge in [0.25, 0.3) is 0 Å². The van der Waals surface area contributed by atoms with Gasteiger partial charge in [-0.2, -0.15) is 12.6 Å². The molecule has 0 aliphatic heterocycles. The Bertz CT molecular complexity index is 359. The van der Waals surface area contributed by atoms with Gasteiger partial charge in [0.05, 0.1) is 11.6 Å². The fraction of sp³-hybridized carbons (Fsp3) is 0.947. The zero-order chi connectivity index (χ0) is 19.4. The van der Waals surface area contributed by atoms with E-state index in [9.17, 15) is 9.90 Å². The largest absolute Gasteiger partial charge is 0.384 e. The van der Waals surface area contributed by atoms with E-state index in [1.54, 1.807) is 0 Å². The first kappa shape index (κ1) is 23.9. The monoisotopic (exact) mass is 360 g/mol. The number of carbonyl (C=O) groups excluding carboxylic acids is 1. The summed E-state index contributed by atoms with van der Waals surface area (Å²) < 4.78 is 0. The molecule has 0 saturated carbocycles.